The molecule has 2 aliphatic rings. The van der Waals surface area contributed by atoms with Crippen LogP contribution in [0.25, 0.3) is 0 Å². The van der Waals surface area contributed by atoms with Crippen LogP contribution in [0.4, 0.5) is 34.6 Å². The van der Waals surface area contributed by atoms with Gasteiger partial charge in [-0.15, -0.1) is 46.4 Å². The summed E-state index contributed by atoms with van der Waals surface area (Å²) in [5.41, 5.74) is -1.06. The standard InChI is InChI=1S/C25H17Cl6F4N3O3/c26-12-4-2-10(36-22(40)18-17(24(18,29)30)9-1-3-13(27)14(28)7-9)8-11(12)21(39)37-16-6-5-15(32)20(19(16)33)38-23(41)25(31,34)35/h1-8,13-14,17-18,21,37,39H,(H,36,40)(H,38,41)/t13?,14?,17-,18+,21?/m0/s1. The van der Waals surface area contributed by atoms with E-state index in [1.165, 1.54) is 23.5 Å². The topological polar surface area (TPSA) is 90.5 Å². The quantitative estimate of drug-likeness (QED) is 0.130. The number of nitrogens with one attached hydrogen (secondary N) is 3. The van der Waals surface area contributed by atoms with Gasteiger partial charge in [0.05, 0.1) is 22.4 Å². The van der Waals surface area contributed by atoms with Crippen molar-refractivity contribution < 1.29 is 32.3 Å². The second-order valence-corrected chi connectivity index (χ2v) is 12.4. The molecule has 2 aliphatic carbocycles. The van der Waals surface area contributed by atoms with Crippen LogP contribution in [0, 0.1) is 23.5 Å². The molecular weight excluding hydrogens is 679 g/mol. The molecule has 4 N–H and O–H groups in total. The summed E-state index contributed by atoms with van der Waals surface area (Å²) >= 11 is 35.8. The third-order valence-corrected chi connectivity index (χ3v) is 8.66. The van der Waals surface area contributed by atoms with E-state index < -0.39 is 73.4 Å². The Balaban J connectivity index is 1.50. The first-order valence-electron chi connectivity index (χ1n) is 11.5. The van der Waals surface area contributed by atoms with E-state index in [-0.39, 0.29) is 16.3 Å². The van der Waals surface area contributed by atoms with E-state index in [0.29, 0.717) is 11.6 Å². The Labute approximate surface area is 260 Å². The average molecular weight is 696 g/mol. The average Bonchev–Trinajstić information content (AvgIpc) is 3.47. The van der Waals surface area contributed by atoms with Gasteiger partial charge in [-0.2, -0.15) is 8.78 Å². The fourth-order valence-corrected chi connectivity index (χ4v) is 5.63. The van der Waals surface area contributed by atoms with E-state index in [2.05, 4.69) is 22.2 Å². The van der Waals surface area contributed by atoms with Crippen LogP contribution in [0.3, 0.4) is 0 Å². The van der Waals surface area contributed by atoms with Gasteiger partial charge in [0.15, 0.2) is 12.0 Å². The molecule has 0 spiro atoms. The van der Waals surface area contributed by atoms with Gasteiger partial charge in [-0.25, -0.2) is 8.78 Å². The number of anilines is 3. The minimum Gasteiger partial charge on any atom is -0.369 e. The Kier molecular flexibility index (Phi) is 9.36. The number of carbonyl (C=O) groups excluding carboxylic acids is 2. The van der Waals surface area contributed by atoms with Crippen LogP contribution in [-0.4, -0.2) is 37.4 Å². The first-order chi connectivity index (χ1) is 19.0. The van der Waals surface area contributed by atoms with E-state index in [9.17, 15) is 32.3 Å². The molecule has 0 saturated heterocycles. The number of halogens is 10. The van der Waals surface area contributed by atoms with Crippen molar-refractivity contribution in [3.63, 3.8) is 0 Å². The van der Waals surface area contributed by atoms with Gasteiger partial charge in [0, 0.05) is 22.2 Å². The van der Waals surface area contributed by atoms with Crippen LogP contribution in [0.5, 0.6) is 0 Å². The largest absolute Gasteiger partial charge is 0.400 e. The van der Waals surface area contributed by atoms with Crippen molar-refractivity contribution in [2.45, 2.75) is 26.7 Å². The van der Waals surface area contributed by atoms with Gasteiger partial charge >= 0.3 is 11.3 Å². The molecule has 1 fully saturated rings. The summed E-state index contributed by atoms with van der Waals surface area (Å²) in [5.74, 6) is -7.03. The van der Waals surface area contributed by atoms with Crippen molar-refractivity contribution >= 4 is 98.5 Å². The molecule has 220 valence electrons. The van der Waals surface area contributed by atoms with Gasteiger partial charge in [-0.1, -0.05) is 29.8 Å². The third-order valence-electron chi connectivity index (χ3n) is 6.26. The molecule has 2 aromatic carbocycles. The number of hydrogen-bond donors (Lipinski definition) is 4. The molecule has 1 saturated carbocycles. The van der Waals surface area contributed by atoms with Gasteiger partial charge in [0.1, 0.15) is 15.8 Å². The molecule has 6 nitrogen and oxygen atoms in total. The van der Waals surface area contributed by atoms with Crippen molar-refractivity contribution in [1.82, 2.24) is 0 Å². The zero-order valence-corrected chi connectivity index (χ0v) is 24.6. The Hall–Kier alpha value is -1.92. The summed E-state index contributed by atoms with van der Waals surface area (Å²) in [6, 6.07) is 5.53. The van der Waals surface area contributed by atoms with Crippen LogP contribution < -0.4 is 16.0 Å². The van der Waals surface area contributed by atoms with Crippen molar-refractivity contribution in [2.75, 3.05) is 16.0 Å². The number of aliphatic hydroxyl groups is 1. The molecule has 5 atom stereocenters. The van der Waals surface area contributed by atoms with E-state index in [0.717, 1.165) is 6.07 Å². The number of allylic oxidation sites excluding steroid dienone is 4. The van der Waals surface area contributed by atoms with Crippen molar-refractivity contribution in [3.8, 4) is 0 Å². The van der Waals surface area contributed by atoms with E-state index in [1.807, 2.05) is 0 Å². The fraction of sp³-hybridized carbons (Fsp3) is 0.280. The summed E-state index contributed by atoms with van der Waals surface area (Å²) in [5, 5.41) is 11.6. The highest BCUT2D eigenvalue weighted by molar-refractivity contribution is 6.53. The molecule has 0 aromatic heterocycles. The molecule has 0 heterocycles. The Morgan fingerprint density at radius 3 is 2.37 bits per heavy atom. The lowest BCUT2D eigenvalue weighted by Gasteiger charge is -2.19. The van der Waals surface area contributed by atoms with Crippen molar-refractivity contribution in [1.29, 1.82) is 0 Å². The lowest BCUT2D eigenvalue weighted by atomic mass is 10.0. The molecule has 2 aromatic rings. The smallest absolute Gasteiger partial charge is 0.369 e. The minimum absolute atomic E-state index is 0.0181. The van der Waals surface area contributed by atoms with Gasteiger partial charge in [-0.05, 0) is 47.5 Å². The summed E-state index contributed by atoms with van der Waals surface area (Å²) < 4.78 is 53.5. The van der Waals surface area contributed by atoms with Crippen LogP contribution in [-0.2, 0) is 9.59 Å². The Morgan fingerprint density at radius 2 is 1.73 bits per heavy atom. The van der Waals surface area contributed by atoms with Crippen molar-refractivity contribution in [2.24, 2.45) is 11.8 Å². The number of carbonyl (C=O) groups is 2. The number of alkyl halides is 7. The lowest BCUT2D eigenvalue weighted by Crippen LogP contribution is -2.30. The molecule has 16 heteroatoms. The molecule has 4 rings (SSSR count). The highest BCUT2D eigenvalue weighted by atomic mass is 35.5. The zero-order chi connectivity index (χ0) is 30.4. The van der Waals surface area contributed by atoms with Crippen LogP contribution in [0.15, 0.2) is 54.1 Å². The monoisotopic (exact) mass is 693 g/mol. The third kappa shape index (κ3) is 6.85. The highest BCUT2D eigenvalue weighted by Gasteiger charge is 2.68. The maximum absolute atomic E-state index is 14.9. The Morgan fingerprint density at radius 1 is 1.05 bits per heavy atom. The van der Waals surface area contributed by atoms with Gasteiger partial charge in [0.2, 0.25) is 5.91 Å². The predicted molar refractivity (Wildman–Crippen MR) is 152 cm³/mol. The first kappa shape index (κ1) is 32.0. The number of aliphatic hydroxyl groups excluding tert-OH is 1. The van der Waals surface area contributed by atoms with Gasteiger partial charge < -0.3 is 21.1 Å². The summed E-state index contributed by atoms with van der Waals surface area (Å²) in [4.78, 5) is 24.4. The minimum atomic E-state index is -4.43. The second-order valence-electron chi connectivity index (χ2n) is 9.05. The van der Waals surface area contributed by atoms with Gasteiger partial charge in [-0.3, -0.25) is 9.59 Å². The summed E-state index contributed by atoms with van der Waals surface area (Å²) in [6.45, 7) is 0. The molecule has 2 amide bonds. The van der Waals surface area contributed by atoms with Crippen LogP contribution in [0.1, 0.15) is 11.8 Å². The Bertz CT molecular complexity index is 1450. The maximum atomic E-state index is 14.9. The SMILES string of the molecule is O=C(Nc1ccc(Cl)c(C(O)Nc2ccc(F)c(NC(=O)C(F)(F)Cl)c2F)c1)[C@H]1[C@H](C2=CC(Cl)C(Cl)C=C2)C1(Cl)Cl. The first-order valence-corrected chi connectivity index (χ1v) is 13.9. The molecule has 3 unspecified atom stereocenters. The van der Waals surface area contributed by atoms with E-state index in [1.54, 1.807) is 18.2 Å². The van der Waals surface area contributed by atoms with E-state index in [4.69, 9.17) is 58.0 Å². The zero-order valence-electron chi connectivity index (χ0n) is 20.0. The second kappa shape index (κ2) is 12.0. The van der Waals surface area contributed by atoms with E-state index >= 15 is 0 Å². The highest BCUT2D eigenvalue weighted by Crippen LogP contribution is 2.63. The molecular formula is C25H17Cl6F4N3O3. The normalized spacial score (nSPS) is 23.8. The summed E-state index contributed by atoms with van der Waals surface area (Å²) in [7, 11) is 0. The predicted octanol–water partition coefficient (Wildman–Crippen LogP) is 7.56. The fourth-order valence-electron chi connectivity index (χ4n) is 4.15. The molecule has 0 bridgehead atoms. The van der Waals surface area contributed by atoms with Crippen LogP contribution in [0.2, 0.25) is 5.02 Å². The van der Waals surface area contributed by atoms with Crippen LogP contribution >= 0.6 is 69.6 Å². The molecule has 41 heavy (non-hydrogen) atoms. The summed E-state index contributed by atoms with van der Waals surface area (Å²) in [6.07, 6.45) is 3.28. The number of benzene rings is 2. The van der Waals surface area contributed by atoms with Gasteiger partial charge in [0.25, 0.3) is 0 Å². The number of amides is 2. The molecule has 0 radical (unpaired) electrons. The van der Waals surface area contributed by atoms with Crippen molar-refractivity contribution in [3.05, 3.63) is 76.4 Å². The number of rotatable bonds is 8. The molecule has 0 aliphatic heterocycles. The number of hydrogen-bond acceptors (Lipinski definition) is 4. The maximum Gasteiger partial charge on any atom is 0.400 e. The lowest BCUT2D eigenvalue weighted by molar-refractivity contribution is -0.130.